The summed E-state index contributed by atoms with van der Waals surface area (Å²) < 4.78 is 5.73. The minimum Gasteiger partial charge on any atom is -0.372 e. The van der Waals surface area contributed by atoms with Crippen LogP contribution in [-0.2, 0) is 4.74 Å². The molecule has 0 aliphatic heterocycles. The molecule has 18 heavy (non-hydrogen) atoms. The highest BCUT2D eigenvalue weighted by Gasteiger charge is 2.09. The molecule has 0 amide bonds. The van der Waals surface area contributed by atoms with Crippen molar-refractivity contribution in [1.82, 2.24) is 0 Å². The van der Waals surface area contributed by atoms with Gasteiger partial charge in [-0.25, -0.2) is 0 Å². The molecule has 0 radical (unpaired) electrons. The molecule has 1 rings (SSSR count). The number of rotatable bonds is 5. The Hall–Kier alpha value is -0.730. The van der Waals surface area contributed by atoms with Gasteiger partial charge in [0.15, 0.2) is 0 Å². The molecular formula is C16H24OS. The summed E-state index contributed by atoms with van der Waals surface area (Å²) in [6.45, 7) is 11.2. The fourth-order valence-corrected chi connectivity index (χ4v) is 2.19. The zero-order valence-electron chi connectivity index (χ0n) is 12.1. The summed E-state index contributed by atoms with van der Waals surface area (Å²) in [5.74, 6) is 1.00. The molecule has 0 saturated heterocycles. The van der Waals surface area contributed by atoms with Crippen molar-refractivity contribution in [1.29, 1.82) is 0 Å². The van der Waals surface area contributed by atoms with Crippen LogP contribution in [0.1, 0.15) is 33.3 Å². The van der Waals surface area contributed by atoms with Crippen LogP contribution in [-0.4, -0.2) is 18.0 Å². The predicted molar refractivity (Wildman–Crippen MR) is 81.4 cm³/mol. The predicted octanol–water partition coefficient (Wildman–Crippen LogP) is 4.85. The number of aryl methyl sites for hydroxylation is 1. The molecule has 0 atom stereocenters. The second-order valence-corrected chi connectivity index (χ2v) is 6.67. The van der Waals surface area contributed by atoms with Crippen LogP contribution in [0.3, 0.4) is 0 Å². The van der Waals surface area contributed by atoms with Crippen LogP contribution in [0.2, 0.25) is 0 Å². The first-order valence-corrected chi connectivity index (χ1v) is 7.34. The highest BCUT2D eigenvalue weighted by molar-refractivity contribution is 7.99. The van der Waals surface area contributed by atoms with Gasteiger partial charge in [-0.15, -0.1) is 11.8 Å². The lowest BCUT2D eigenvalue weighted by Crippen LogP contribution is -2.20. The Morgan fingerprint density at radius 2 is 1.83 bits per heavy atom. The van der Waals surface area contributed by atoms with Crippen LogP contribution in [0.4, 0.5) is 0 Å². The zero-order chi connectivity index (χ0) is 13.6. The Morgan fingerprint density at radius 1 is 1.22 bits per heavy atom. The van der Waals surface area contributed by atoms with Crippen LogP contribution in [0.25, 0.3) is 0 Å². The van der Waals surface area contributed by atoms with Gasteiger partial charge in [-0.3, -0.25) is 0 Å². The molecule has 0 N–H and O–H groups in total. The van der Waals surface area contributed by atoms with E-state index in [0.29, 0.717) is 0 Å². The highest BCUT2D eigenvalue weighted by atomic mass is 32.2. The number of hydrogen-bond donors (Lipinski definition) is 0. The summed E-state index contributed by atoms with van der Waals surface area (Å²) in [6.07, 6.45) is 2.25. The van der Waals surface area contributed by atoms with Gasteiger partial charge < -0.3 is 4.74 Å². The Kier molecular flexibility index (Phi) is 5.97. The normalized spacial score (nSPS) is 12.8. The van der Waals surface area contributed by atoms with E-state index in [1.807, 2.05) is 11.8 Å². The third kappa shape index (κ3) is 6.87. The molecule has 0 spiro atoms. The largest absolute Gasteiger partial charge is 0.372 e. The summed E-state index contributed by atoms with van der Waals surface area (Å²) in [4.78, 5) is 1.32. The molecule has 0 heterocycles. The van der Waals surface area contributed by atoms with E-state index in [0.717, 1.165) is 12.4 Å². The molecular weight excluding hydrogens is 240 g/mol. The molecule has 0 fully saturated rings. The van der Waals surface area contributed by atoms with E-state index >= 15 is 0 Å². The van der Waals surface area contributed by atoms with Crippen LogP contribution >= 0.6 is 11.8 Å². The van der Waals surface area contributed by atoms with Crippen LogP contribution < -0.4 is 0 Å². The molecule has 0 saturated carbocycles. The van der Waals surface area contributed by atoms with Gasteiger partial charge in [0.1, 0.15) is 0 Å². The fraction of sp³-hybridized carbons (Fsp3) is 0.500. The monoisotopic (exact) mass is 264 g/mol. The van der Waals surface area contributed by atoms with Crippen molar-refractivity contribution in [2.45, 2.75) is 45.1 Å². The van der Waals surface area contributed by atoms with Gasteiger partial charge in [0, 0.05) is 10.6 Å². The minimum atomic E-state index is -0.0563. The van der Waals surface area contributed by atoms with Crippen molar-refractivity contribution < 1.29 is 4.74 Å². The lowest BCUT2D eigenvalue weighted by atomic mass is 10.2. The maximum absolute atomic E-state index is 5.73. The smallest absolute Gasteiger partial charge is 0.0681 e. The van der Waals surface area contributed by atoms with Crippen molar-refractivity contribution in [3.8, 4) is 0 Å². The third-order valence-corrected chi connectivity index (χ3v) is 3.37. The second-order valence-electron chi connectivity index (χ2n) is 5.58. The van der Waals surface area contributed by atoms with Crippen molar-refractivity contribution in [2.24, 2.45) is 0 Å². The molecule has 0 bridgehead atoms. The van der Waals surface area contributed by atoms with E-state index in [2.05, 4.69) is 65.0 Å². The lowest BCUT2D eigenvalue weighted by Gasteiger charge is -2.19. The molecule has 1 aromatic rings. The van der Waals surface area contributed by atoms with E-state index in [9.17, 15) is 0 Å². The van der Waals surface area contributed by atoms with Crippen LogP contribution in [0.15, 0.2) is 40.8 Å². The SMILES string of the molecule is C/C(=C\CSc1ccc(C)cc1)COC(C)(C)C. The standard InChI is InChI=1S/C16H24OS/c1-13-6-8-15(9-7-13)18-11-10-14(2)12-17-16(3,4)5/h6-10H,11-12H2,1-5H3/b14-10+. The van der Waals surface area contributed by atoms with Crippen LogP contribution in [0, 0.1) is 6.92 Å². The van der Waals surface area contributed by atoms with E-state index in [-0.39, 0.29) is 5.60 Å². The summed E-state index contributed by atoms with van der Waals surface area (Å²) in [7, 11) is 0. The minimum absolute atomic E-state index is 0.0563. The van der Waals surface area contributed by atoms with Crippen molar-refractivity contribution >= 4 is 11.8 Å². The molecule has 0 unspecified atom stereocenters. The molecule has 0 aliphatic rings. The molecule has 1 aromatic carbocycles. The first kappa shape index (κ1) is 15.3. The van der Waals surface area contributed by atoms with Gasteiger partial charge in [0.2, 0.25) is 0 Å². The van der Waals surface area contributed by atoms with Gasteiger partial charge in [0.25, 0.3) is 0 Å². The first-order chi connectivity index (χ1) is 8.37. The number of ether oxygens (including phenoxy) is 1. The average molecular weight is 264 g/mol. The maximum atomic E-state index is 5.73. The van der Waals surface area contributed by atoms with Crippen molar-refractivity contribution in [2.75, 3.05) is 12.4 Å². The summed E-state index contributed by atoms with van der Waals surface area (Å²) in [5, 5.41) is 0. The summed E-state index contributed by atoms with van der Waals surface area (Å²) in [6, 6.07) is 8.66. The molecule has 0 aliphatic carbocycles. The second kappa shape index (κ2) is 7.01. The third-order valence-electron chi connectivity index (χ3n) is 2.44. The number of benzene rings is 1. The number of thioether (sulfide) groups is 1. The Balaban J connectivity index is 2.33. The molecule has 1 nitrogen and oxygen atoms in total. The Morgan fingerprint density at radius 3 is 2.39 bits per heavy atom. The Labute approximate surface area is 116 Å². The summed E-state index contributed by atoms with van der Waals surface area (Å²) in [5.41, 5.74) is 2.55. The quantitative estimate of drug-likeness (QED) is 0.555. The number of hydrogen-bond acceptors (Lipinski definition) is 2. The molecule has 100 valence electrons. The average Bonchev–Trinajstić information content (AvgIpc) is 2.28. The lowest BCUT2D eigenvalue weighted by molar-refractivity contribution is 0.0111. The zero-order valence-corrected chi connectivity index (χ0v) is 12.9. The Bertz CT molecular complexity index is 385. The van der Waals surface area contributed by atoms with Gasteiger partial charge >= 0.3 is 0 Å². The van der Waals surface area contributed by atoms with Gasteiger partial charge in [-0.05, 0) is 46.8 Å². The van der Waals surface area contributed by atoms with Crippen molar-refractivity contribution in [3.63, 3.8) is 0 Å². The summed E-state index contributed by atoms with van der Waals surface area (Å²) >= 11 is 1.86. The first-order valence-electron chi connectivity index (χ1n) is 6.36. The molecule has 2 heteroatoms. The van der Waals surface area contributed by atoms with E-state index < -0.39 is 0 Å². The van der Waals surface area contributed by atoms with Gasteiger partial charge in [-0.1, -0.05) is 29.3 Å². The highest BCUT2D eigenvalue weighted by Crippen LogP contribution is 2.19. The maximum Gasteiger partial charge on any atom is 0.0681 e. The molecule has 0 aromatic heterocycles. The van der Waals surface area contributed by atoms with Crippen LogP contribution in [0.5, 0.6) is 0 Å². The van der Waals surface area contributed by atoms with E-state index in [1.165, 1.54) is 16.0 Å². The fourth-order valence-electron chi connectivity index (χ4n) is 1.30. The van der Waals surface area contributed by atoms with Gasteiger partial charge in [-0.2, -0.15) is 0 Å². The van der Waals surface area contributed by atoms with E-state index in [1.54, 1.807) is 0 Å². The van der Waals surface area contributed by atoms with E-state index in [4.69, 9.17) is 4.74 Å². The van der Waals surface area contributed by atoms with Gasteiger partial charge in [0.05, 0.1) is 12.2 Å². The van der Waals surface area contributed by atoms with Crippen molar-refractivity contribution in [3.05, 3.63) is 41.5 Å². The topological polar surface area (TPSA) is 9.23 Å².